The van der Waals surface area contributed by atoms with Crippen molar-refractivity contribution < 1.29 is 9.84 Å². The summed E-state index contributed by atoms with van der Waals surface area (Å²) in [5, 5.41) is 8.78. The third-order valence-electron chi connectivity index (χ3n) is 4.14. The molecule has 0 spiro atoms. The van der Waals surface area contributed by atoms with Crippen molar-refractivity contribution in [1.82, 2.24) is 4.90 Å². The van der Waals surface area contributed by atoms with Crippen molar-refractivity contribution in [3.63, 3.8) is 0 Å². The van der Waals surface area contributed by atoms with Gasteiger partial charge in [-0.1, -0.05) is 37.3 Å². The van der Waals surface area contributed by atoms with E-state index in [1.54, 1.807) is 0 Å². The average Bonchev–Trinajstić information content (AvgIpc) is 2.51. The van der Waals surface area contributed by atoms with Crippen molar-refractivity contribution in [3.05, 3.63) is 35.9 Å². The van der Waals surface area contributed by atoms with Crippen LogP contribution in [0.2, 0.25) is 0 Å². The largest absolute Gasteiger partial charge is 0.396 e. The molecule has 1 atom stereocenters. The Bertz CT molecular complexity index is 361. The van der Waals surface area contributed by atoms with Crippen molar-refractivity contribution in [2.24, 2.45) is 0 Å². The van der Waals surface area contributed by atoms with Crippen LogP contribution in [0, 0.1) is 0 Å². The molecule has 1 unspecified atom stereocenters. The molecule has 0 amide bonds. The number of ether oxygens (including phenoxy) is 1. The maximum absolute atomic E-state index is 8.78. The second-order valence-corrected chi connectivity index (χ2v) is 5.52. The lowest BCUT2D eigenvalue weighted by Crippen LogP contribution is -2.39. The number of hydrogen-bond donors (Lipinski definition) is 1. The first kappa shape index (κ1) is 15.5. The van der Waals surface area contributed by atoms with Crippen molar-refractivity contribution in [2.75, 3.05) is 26.3 Å². The summed E-state index contributed by atoms with van der Waals surface area (Å²) in [7, 11) is 0. The number of hydrogen-bond acceptors (Lipinski definition) is 3. The molecule has 1 heterocycles. The van der Waals surface area contributed by atoms with Gasteiger partial charge in [-0.3, -0.25) is 4.90 Å². The Kier molecular flexibility index (Phi) is 6.51. The topological polar surface area (TPSA) is 32.7 Å². The first-order valence-corrected chi connectivity index (χ1v) is 7.86. The van der Waals surface area contributed by atoms with E-state index in [-0.39, 0.29) is 6.61 Å². The zero-order valence-electron chi connectivity index (χ0n) is 12.5. The molecule has 1 aromatic carbocycles. The summed E-state index contributed by atoms with van der Waals surface area (Å²) in [4.78, 5) is 2.58. The highest BCUT2D eigenvalue weighted by atomic mass is 16.5. The molecule has 3 heteroatoms. The molecule has 1 fully saturated rings. The normalized spacial score (nSPS) is 19.1. The number of nitrogens with zero attached hydrogens (tertiary/aromatic N) is 1. The molecule has 1 aliphatic heterocycles. The minimum absolute atomic E-state index is 0.227. The molecule has 1 N–H and O–H groups in total. The third-order valence-corrected chi connectivity index (χ3v) is 4.14. The molecular weight excluding hydrogens is 250 g/mol. The lowest BCUT2D eigenvalue weighted by molar-refractivity contribution is -0.00714. The van der Waals surface area contributed by atoms with Crippen LogP contribution in [-0.4, -0.2) is 42.4 Å². The van der Waals surface area contributed by atoms with Crippen LogP contribution in [0.25, 0.3) is 0 Å². The molecule has 0 aromatic heterocycles. The number of rotatable bonds is 7. The Morgan fingerprint density at radius 1 is 1.25 bits per heavy atom. The van der Waals surface area contributed by atoms with Gasteiger partial charge in [0.15, 0.2) is 0 Å². The van der Waals surface area contributed by atoms with Gasteiger partial charge in [0.25, 0.3) is 0 Å². The average molecular weight is 277 g/mol. The molecule has 112 valence electrons. The van der Waals surface area contributed by atoms with E-state index in [2.05, 4.69) is 42.2 Å². The lowest BCUT2D eigenvalue weighted by atomic mass is 9.99. The highest BCUT2D eigenvalue weighted by molar-refractivity contribution is 5.19. The fourth-order valence-electron chi connectivity index (χ4n) is 3.05. The summed E-state index contributed by atoms with van der Waals surface area (Å²) >= 11 is 0. The number of aliphatic hydroxyl groups is 1. The first-order valence-electron chi connectivity index (χ1n) is 7.86. The van der Waals surface area contributed by atoms with Crippen molar-refractivity contribution in [3.8, 4) is 0 Å². The van der Waals surface area contributed by atoms with Crippen LogP contribution in [0.5, 0.6) is 0 Å². The zero-order chi connectivity index (χ0) is 14.2. The van der Waals surface area contributed by atoms with E-state index in [0.29, 0.717) is 18.8 Å². The van der Waals surface area contributed by atoms with Gasteiger partial charge in [0, 0.05) is 32.3 Å². The Labute approximate surface area is 122 Å². The van der Waals surface area contributed by atoms with Crippen LogP contribution >= 0.6 is 0 Å². The Hall–Kier alpha value is -0.900. The molecular formula is C17H27NO2. The van der Waals surface area contributed by atoms with Crippen molar-refractivity contribution in [2.45, 2.75) is 44.8 Å². The van der Waals surface area contributed by atoms with Crippen LogP contribution in [-0.2, 0) is 4.74 Å². The maximum atomic E-state index is 8.78. The predicted molar refractivity (Wildman–Crippen MR) is 81.7 cm³/mol. The Morgan fingerprint density at radius 3 is 2.55 bits per heavy atom. The molecule has 1 aromatic rings. The fourth-order valence-corrected chi connectivity index (χ4v) is 3.05. The van der Waals surface area contributed by atoms with Gasteiger partial charge in [0.2, 0.25) is 0 Å². The fraction of sp³-hybridized carbons (Fsp3) is 0.647. The quantitative estimate of drug-likeness (QED) is 0.778. The number of benzene rings is 1. The van der Waals surface area contributed by atoms with Gasteiger partial charge in [0.05, 0.1) is 6.10 Å². The molecule has 1 saturated heterocycles. The molecule has 0 saturated carbocycles. The summed E-state index contributed by atoms with van der Waals surface area (Å²) < 4.78 is 5.80. The highest BCUT2D eigenvalue weighted by Gasteiger charge is 2.25. The summed E-state index contributed by atoms with van der Waals surface area (Å²) in [6.07, 6.45) is 4.50. The molecule has 0 aliphatic carbocycles. The van der Waals surface area contributed by atoms with E-state index < -0.39 is 0 Å². The maximum Gasteiger partial charge on any atom is 0.0599 e. The molecule has 0 bridgehead atoms. The number of likely N-dealkylation sites (tertiary alicyclic amines) is 1. The van der Waals surface area contributed by atoms with Gasteiger partial charge in [0.1, 0.15) is 0 Å². The van der Waals surface area contributed by atoms with E-state index in [0.717, 1.165) is 38.8 Å². The SMILES string of the molecule is CCC(c1ccccc1)N1CCC(OCCCO)CC1. The van der Waals surface area contributed by atoms with Gasteiger partial charge in [-0.05, 0) is 31.2 Å². The van der Waals surface area contributed by atoms with E-state index in [1.807, 2.05) is 0 Å². The Balaban J connectivity index is 1.83. The Morgan fingerprint density at radius 2 is 1.95 bits per heavy atom. The molecule has 1 aliphatic rings. The predicted octanol–water partition coefficient (Wildman–Crippen LogP) is 3.00. The van der Waals surface area contributed by atoms with Crippen molar-refractivity contribution in [1.29, 1.82) is 0 Å². The second kappa shape index (κ2) is 8.40. The first-order chi connectivity index (χ1) is 9.85. The highest BCUT2D eigenvalue weighted by Crippen LogP contribution is 2.27. The number of piperidine rings is 1. The van der Waals surface area contributed by atoms with Crippen LogP contribution in [0.3, 0.4) is 0 Å². The van der Waals surface area contributed by atoms with Gasteiger partial charge in [-0.25, -0.2) is 0 Å². The standard InChI is InChI=1S/C17H27NO2/c1-2-17(15-7-4-3-5-8-15)18-11-9-16(10-12-18)20-14-6-13-19/h3-5,7-8,16-17,19H,2,6,9-14H2,1H3. The summed E-state index contributed by atoms with van der Waals surface area (Å²) in [5.74, 6) is 0. The van der Waals surface area contributed by atoms with E-state index in [9.17, 15) is 0 Å². The van der Waals surface area contributed by atoms with E-state index in [4.69, 9.17) is 9.84 Å². The number of aliphatic hydroxyl groups excluding tert-OH is 1. The van der Waals surface area contributed by atoms with Crippen molar-refractivity contribution >= 4 is 0 Å². The van der Waals surface area contributed by atoms with E-state index >= 15 is 0 Å². The third kappa shape index (κ3) is 4.30. The molecule has 3 nitrogen and oxygen atoms in total. The lowest BCUT2D eigenvalue weighted by Gasteiger charge is -2.37. The van der Waals surface area contributed by atoms with Gasteiger partial charge in [-0.2, -0.15) is 0 Å². The van der Waals surface area contributed by atoms with Crippen LogP contribution in [0.4, 0.5) is 0 Å². The van der Waals surface area contributed by atoms with Crippen LogP contribution in [0.1, 0.15) is 44.2 Å². The summed E-state index contributed by atoms with van der Waals surface area (Å²) in [5.41, 5.74) is 1.43. The molecule has 2 rings (SSSR count). The van der Waals surface area contributed by atoms with Gasteiger partial charge in [-0.15, -0.1) is 0 Å². The van der Waals surface area contributed by atoms with E-state index in [1.165, 1.54) is 5.56 Å². The smallest absolute Gasteiger partial charge is 0.0599 e. The van der Waals surface area contributed by atoms with Crippen LogP contribution < -0.4 is 0 Å². The monoisotopic (exact) mass is 277 g/mol. The van der Waals surface area contributed by atoms with Gasteiger partial charge >= 0.3 is 0 Å². The molecule has 0 radical (unpaired) electrons. The minimum atomic E-state index is 0.227. The molecule has 20 heavy (non-hydrogen) atoms. The summed E-state index contributed by atoms with van der Waals surface area (Å²) in [6, 6.07) is 11.3. The van der Waals surface area contributed by atoms with Crippen LogP contribution in [0.15, 0.2) is 30.3 Å². The van der Waals surface area contributed by atoms with Gasteiger partial charge < -0.3 is 9.84 Å². The minimum Gasteiger partial charge on any atom is -0.396 e. The second-order valence-electron chi connectivity index (χ2n) is 5.52. The zero-order valence-corrected chi connectivity index (χ0v) is 12.5. The summed E-state index contributed by atoms with van der Waals surface area (Å²) in [6.45, 7) is 5.40.